The van der Waals surface area contributed by atoms with Crippen molar-refractivity contribution < 1.29 is 4.79 Å². The molecule has 0 spiro atoms. The van der Waals surface area contributed by atoms with Crippen LogP contribution in [0.25, 0.3) is 5.69 Å². The highest BCUT2D eigenvalue weighted by molar-refractivity contribution is 5.97. The molecule has 2 aromatic heterocycles. The molecule has 0 fully saturated rings. The molecule has 6 heteroatoms. The summed E-state index contributed by atoms with van der Waals surface area (Å²) in [5.41, 5.74) is 2.26. The molecular formula is C18H19N5O. The second-order valence-corrected chi connectivity index (χ2v) is 5.56. The Bertz CT molecular complexity index is 814. The predicted molar refractivity (Wildman–Crippen MR) is 92.6 cm³/mol. The van der Waals surface area contributed by atoms with Crippen LogP contribution in [0.3, 0.4) is 0 Å². The predicted octanol–water partition coefficient (Wildman–Crippen LogP) is 2.54. The second-order valence-electron chi connectivity index (χ2n) is 5.56. The van der Waals surface area contributed by atoms with Crippen molar-refractivity contribution in [2.45, 2.75) is 13.3 Å². The van der Waals surface area contributed by atoms with Gasteiger partial charge < -0.3 is 4.90 Å². The Morgan fingerprint density at radius 2 is 1.88 bits per heavy atom. The molecule has 0 radical (unpaired) electrons. The smallest absolute Gasteiger partial charge is 0.183 e. The minimum absolute atomic E-state index is 0.100. The Hall–Kier alpha value is -3.02. The van der Waals surface area contributed by atoms with Crippen molar-refractivity contribution in [3.63, 3.8) is 0 Å². The first kappa shape index (κ1) is 15.9. The summed E-state index contributed by atoms with van der Waals surface area (Å²) < 4.78 is 1.70. The van der Waals surface area contributed by atoms with E-state index in [1.165, 1.54) is 6.92 Å². The maximum atomic E-state index is 11.9. The van der Waals surface area contributed by atoms with E-state index in [0.717, 1.165) is 17.8 Å². The molecule has 0 saturated carbocycles. The number of Topliss-reactive ketones (excluding diaryl/α,β-unsaturated/α-hetero) is 1. The molecule has 0 unspecified atom stereocenters. The van der Waals surface area contributed by atoms with Gasteiger partial charge in [-0.3, -0.25) is 9.78 Å². The van der Waals surface area contributed by atoms with Gasteiger partial charge >= 0.3 is 0 Å². The van der Waals surface area contributed by atoms with Gasteiger partial charge in [0.25, 0.3) is 0 Å². The van der Waals surface area contributed by atoms with Crippen molar-refractivity contribution in [3.05, 3.63) is 66.1 Å². The van der Waals surface area contributed by atoms with Crippen LogP contribution in [0.5, 0.6) is 0 Å². The van der Waals surface area contributed by atoms with Crippen molar-refractivity contribution in [1.82, 2.24) is 20.0 Å². The number of ketones is 1. The van der Waals surface area contributed by atoms with Gasteiger partial charge in [0.1, 0.15) is 0 Å². The van der Waals surface area contributed by atoms with Gasteiger partial charge in [0.15, 0.2) is 17.3 Å². The highest BCUT2D eigenvalue weighted by atomic mass is 16.1. The number of carbonyl (C=O) groups excluding carboxylic acids is 1. The summed E-state index contributed by atoms with van der Waals surface area (Å²) in [6.45, 7) is 2.22. The number of pyridine rings is 1. The van der Waals surface area contributed by atoms with E-state index in [1.807, 2.05) is 60.5 Å². The molecule has 6 nitrogen and oxygen atoms in total. The zero-order valence-electron chi connectivity index (χ0n) is 13.8. The average Bonchev–Trinajstić information content (AvgIpc) is 3.07. The number of benzene rings is 1. The number of rotatable bonds is 6. The minimum atomic E-state index is -0.100. The molecule has 2 heterocycles. The van der Waals surface area contributed by atoms with E-state index < -0.39 is 0 Å². The van der Waals surface area contributed by atoms with E-state index >= 15 is 0 Å². The van der Waals surface area contributed by atoms with Gasteiger partial charge in [-0.1, -0.05) is 29.5 Å². The SMILES string of the molecule is CC(=O)c1nnn(-c2ccccc2)c1N(C)CCc1ccccn1. The second kappa shape index (κ2) is 7.04. The molecule has 0 amide bonds. The van der Waals surface area contributed by atoms with Crippen LogP contribution < -0.4 is 4.90 Å². The van der Waals surface area contributed by atoms with Gasteiger partial charge in [-0.15, -0.1) is 5.10 Å². The van der Waals surface area contributed by atoms with Crippen LogP contribution >= 0.6 is 0 Å². The van der Waals surface area contributed by atoms with Gasteiger partial charge in [0.05, 0.1) is 5.69 Å². The van der Waals surface area contributed by atoms with Crippen LogP contribution in [-0.2, 0) is 6.42 Å². The Morgan fingerprint density at radius 3 is 2.54 bits per heavy atom. The van der Waals surface area contributed by atoms with E-state index in [1.54, 1.807) is 10.9 Å². The Morgan fingerprint density at radius 1 is 1.12 bits per heavy atom. The van der Waals surface area contributed by atoms with Gasteiger partial charge in [-0.25, -0.2) is 0 Å². The third-order valence-corrected chi connectivity index (χ3v) is 3.77. The zero-order valence-corrected chi connectivity index (χ0v) is 13.8. The Labute approximate surface area is 140 Å². The molecule has 122 valence electrons. The molecule has 0 N–H and O–H groups in total. The monoisotopic (exact) mass is 321 g/mol. The van der Waals surface area contributed by atoms with Crippen LogP contribution in [0.4, 0.5) is 5.82 Å². The Balaban J connectivity index is 1.90. The third kappa shape index (κ3) is 3.32. The summed E-state index contributed by atoms with van der Waals surface area (Å²) in [6.07, 6.45) is 2.56. The molecule has 0 atom stereocenters. The number of likely N-dealkylation sites (N-methyl/N-ethyl adjacent to an activating group) is 1. The molecule has 0 aliphatic heterocycles. The molecule has 3 aromatic rings. The molecular weight excluding hydrogens is 302 g/mol. The fourth-order valence-corrected chi connectivity index (χ4v) is 2.52. The molecule has 0 aliphatic carbocycles. The summed E-state index contributed by atoms with van der Waals surface area (Å²) in [5, 5.41) is 8.25. The van der Waals surface area contributed by atoms with Crippen molar-refractivity contribution in [2.75, 3.05) is 18.5 Å². The zero-order chi connectivity index (χ0) is 16.9. The van der Waals surface area contributed by atoms with E-state index in [0.29, 0.717) is 18.1 Å². The normalized spacial score (nSPS) is 10.6. The number of hydrogen-bond donors (Lipinski definition) is 0. The fourth-order valence-electron chi connectivity index (χ4n) is 2.52. The Kier molecular flexibility index (Phi) is 4.65. The number of nitrogens with zero attached hydrogens (tertiary/aromatic N) is 5. The van der Waals surface area contributed by atoms with Gasteiger partial charge in [0.2, 0.25) is 0 Å². The molecule has 24 heavy (non-hydrogen) atoms. The van der Waals surface area contributed by atoms with Gasteiger partial charge in [-0.05, 0) is 24.3 Å². The number of anilines is 1. The van der Waals surface area contributed by atoms with Crippen LogP contribution in [0.2, 0.25) is 0 Å². The van der Waals surface area contributed by atoms with Gasteiger partial charge in [0, 0.05) is 38.8 Å². The number of carbonyl (C=O) groups is 1. The van der Waals surface area contributed by atoms with Crippen molar-refractivity contribution in [1.29, 1.82) is 0 Å². The minimum Gasteiger partial charge on any atom is -0.357 e. The molecule has 1 aromatic carbocycles. The van der Waals surface area contributed by atoms with E-state index in [2.05, 4.69) is 15.3 Å². The molecule has 0 aliphatic rings. The van der Waals surface area contributed by atoms with Crippen molar-refractivity contribution in [2.24, 2.45) is 0 Å². The topological polar surface area (TPSA) is 63.9 Å². The quantitative estimate of drug-likeness (QED) is 0.653. The number of hydrogen-bond acceptors (Lipinski definition) is 5. The molecule has 3 rings (SSSR count). The third-order valence-electron chi connectivity index (χ3n) is 3.77. The molecule has 0 saturated heterocycles. The maximum Gasteiger partial charge on any atom is 0.183 e. The first-order valence-corrected chi connectivity index (χ1v) is 7.80. The van der Waals surface area contributed by atoms with Crippen LogP contribution in [0.15, 0.2) is 54.7 Å². The standard InChI is InChI=1S/C18H19N5O/c1-14(24)17-18(22(2)13-11-15-8-6-7-12-19-15)23(21-20-17)16-9-4-3-5-10-16/h3-10,12H,11,13H2,1-2H3. The van der Waals surface area contributed by atoms with E-state index in [9.17, 15) is 4.79 Å². The highest BCUT2D eigenvalue weighted by Gasteiger charge is 2.21. The number of aromatic nitrogens is 4. The van der Waals surface area contributed by atoms with Gasteiger partial charge in [-0.2, -0.15) is 4.68 Å². The lowest BCUT2D eigenvalue weighted by atomic mass is 10.2. The van der Waals surface area contributed by atoms with Crippen LogP contribution in [-0.4, -0.2) is 39.4 Å². The lowest BCUT2D eigenvalue weighted by Gasteiger charge is -2.20. The summed E-state index contributed by atoms with van der Waals surface area (Å²) in [5.74, 6) is 0.599. The van der Waals surface area contributed by atoms with Crippen LogP contribution in [0.1, 0.15) is 23.1 Å². The summed E-state index contributed by atoms with van der Waals surface area (Å²) >= 11 is 0. The highest BCUT2D eigenvalue weighted by Crippen LogP contribution is 2.22. The average molecular weight is 321 g/mol. The molecule has 0 bridgehead atoms. The number of para-hydroxylation sites is 1. The van der Waals surface area contributed by atoms with E-state index in [-0.39, 0.29) is 5.78 Å². The summed E-state index contributed by atoms with van der Waals surface area (Å²) in [4.78, 5) is 18.3. The lowest BCUT2D eigenvalue weighted by Crippen LogP contribution is -2.25. The first-order valence-electron chi connectivity index (χ1n) is 7.80. The van der Waals surface area contributed by atoms with Crippen molar-refractivity contribution in [3.8, 4) is 5.69 Å². The first-order chi connectivity index (χ1) is 11.7. The maximum absolute atomic E-state index is 11.9. The van der Waals surface area contributed by atoms with Crippen molar-refractivity contribution >= 4 is 11.6 Å². The fraction of sp³-hybridized carbons (Fsp3) is 0.222. The largest absolute Gasteiger partial charge is 0.357 e. The summed E-state index contributed by atoms with van der Waals surface area (Å²) in [6, 6.07) is 15.5. The summed E-state index contributed by atoms with van der Waals surface area (Å²) in [7, 11) is 1.94. The van der Waals surface area contributed by atoms with E-state index in [4.69, 9.17) is 0 Å². The lowest BCUT2D eigenvalue weighted by molar-refractivity contribution is 0.101. The van der Waals surface area contributed by atoms with Crippen LogP contribution in [0, 0.1) is 0 Å².